The first-order valence-corrected chi connectivity index (χ1v) is 7.31. The average Bonchev–Trinajstić information content (AvgIpc) is 3.19. The number of carbonyl (C=O) groups is 1. The van der Waals surface area contributed by atoms with E-state index in [1.807, 2.05) is 13.0 Å². The highest BCUT2D eigenvalue weighted by atomic mass is 16.2. The minimum atomic E-state index is -0.101. The average molecular weight is 260 g/mol. The third kappa shape index (κ3) is 4.06. The Hall–Kier alpha value is -1.35. The van der Waals surface area contributed by atoms with Crippen molar-refractivity contribution in [1.82, 2.24) is 10.6 Å². The predicted molar refractivity (Wildman–Crippen MR) is 78.1 cm³/mol. The summed E-state index contributed by atoms with van der Waals surface area (Å²) in [7, 11) is 0. The van der Waals surface area contributed by atoms with Crippen molar-refractivity contribution in [3.05, 3.63) is 35.9 Å². The van der Waals surface area contributed by atoms with Crippen LogP contribution in [0.5, 0.6) is 0 Å². The molecule has 104 valence electrons. The molecule has 1 amide bonds. The summed E-state index contributed by atoms with van der Waals surface area (Å²) in [6, 6.07) is 10.9. The Morgan fingerprint density at radius 1 is 1.37 bits per heavy atom. The van der Waals surface area contributed by atoms with Crippen LogP contribution in [-0.4, -0.2) is 24.5 Å². The molecule has 0 heterocycles. The van der Waals surface area contributed by atoms with Crippen molar-refractivity contribution >= 4 is 5.91 Å². The highest BCUT2D eigenvalue weighted by Gasteiger charge is 2.39. The number of unbranched alkanes of at least 4 members (excludes halogenated alkanes) is 1. The third-order valence-corrected chi connectivity index (χ3v) is 3.71. The van der Waals surface area contributed by atoms with Crippen molar-refractivity contribution in [3.63, 3.8) is 0 Å². The zero-order valence-corrected chi connectivity index (χ0v) is 11.9. The van der Waals surface area contributed by atoms with Crippen LogP contribution in [-0.2, 0) is 4.79 Å². The first-order chi connectivity index (χ1) is 9.22. The Morgan fingerprint density at radius 2 is 2.11 bits per heavy atom. The summed E-state index contributed by atoms with van der Waals surface area (Å²) in [5, 5.41) is 6.39. The van der Waals surface area contributed by atoms with Gasteiger partial charge in [-0.3, -0.25) is 4.79 Å². The number of rotatable bonds is 7. The second-order valence-corrected chi connectivity index (χ2v) is 5.39. The lowest BCUT2D eigenvalue weighted by molar-refractivity contribution is -0.122. The van der Waals surface area contributed by atoms with Gasteiger partial charge in [0.05, 0.1) is 6.04 Å². The molecular weight excluding hydrogens is 236 g/mol. The van der Waals surface area contributed by atoms with Gasteiger partial charge < -0.3 is 10.6 Å². The summed E-state index contributed by atoms with van der Waals surface area (Å²) in [5.41, 5.74) is 1.37. The Kier molecular flexibility index (Phi) is 4.97. The molecule has 0 spiro atoms. The number of benzene rings is 1. The van der Waals surface area contributed by atoms with Gasteiger partial charge in [-0.25, -0.2) is 0 Å². The van der Waals surface area contributed by atoms with E-state index < -0.39 is 0 Å². The van der Waals surface area contributed by atoms with E-state index in [1.165, 1.54) is 5.56 Å². The van der Waals surface area contributed by atoms with E-state index in [9.17, 15) is 4.79 Å². The zero-order chi connectivity index (χ0) is 13.7. The van der Waals surface area contributed by atoms with E-state index in [0.29, 0.717) is 12.0 Å². The lowest BCUT2D eigenvalue weighted by Gasteiger charge is -2.14. The number of amides is 1. The molecule has 1 aromatic rings. The summed E-state index contributed by atoms with van der Waals surface area (Å²) in [5.74, 6) is 0.694. The van der Waals surface area contributed by atoms with Crippen molar-refractivity contribution < 1.29 is 4.79 Å². The Labute approximate surface area is 115 Å². The molecule has 19 heavy (non-hydrogen) atoms. The van der Waals surface area contributed by atoms with Crippen LogP contribution in [0.2, 0.25) is 0 Å². The SMILES string of the molecule is CCCCNC(=O)C(C)NC1CC1c1ccccc1. The molecule has 1 fully saturated rings. The molecule has 3 unspecified atom stereocenters. The second kappa shape index (κ2) is 6.71. The van der Waals surface area contributed by atoms with Gasteiger partial charge in [0, 0.05) is 18.5 Å². The van der Waals surface area contributed by atoms with Gasteiger partial charge in [0.2, 0.25) is 5.91 Å². The lowest BCUT2D eigenvalue weighted by Crippen LogP contribution is -2.43. The van der Waals surface area contributed by atoms with Crippen LogP contribution in [0.3, 0.4) is 0 Å². The van der Waals surface area contributed by atoms with Gasteiger partial charge in [-0.1, -0.05) is 43.7 Å². The molecule has 3 nitrogen and oxygen atoms in total. The number of nitrogens with one attached hydrogen (secondary N) is 2. The minimum Gasteiger partial charge on any atom is -0.355 e. The summed E-state index contributed by atoms with van der Waals surface area (Å²) < 4.78 is 0. The van der Waals surface area contributed by atoms with Crippen LogP contribution in [0, 0.1) is 0 Å². The predicted octanol–water partition coefficient (Wildman–Crippen LogP) is 2.44. The van der Waals surface area contributed by atoms with Crippen LogP contribution in [0.25, 0.3) is 0 Å². The molecule has 3 atom stereocenters. The van der Waals surface area contributed by atoms with Gasteiger partial charge in [0.15, 0.2) is 0 Å². The van der Waals surface area contributed by atoms with Crippen molar-refractivity contribution in [1.29, 1.82) is 0 Å². The number of hydrogen-bond acceptors (Lipinski definition) is 2. The quantitative estimate of drug-likeness (QED) is 0.739. The topological polar surface area (TPSA) is 41.1 Å². The molecule has 3 heteroatoms. The normalized spacial score (nSPS) is 22.8. The molecular formula is C16H24N2O. The van der Waals surface area contributed by atoms with Crippen molar-refractivity contribution in [2.45, 2.75) is 51.1 Å². The lowest BCUT2D eigenvalue weighted by atomic mass is 10.1. The summed E-state index contributed by atoms with van der Waals surface area (Å²) >= 11 is 0. The summed E-state index contributed by atoms with van der Waals surface area (Å²) in [4.78, 5) is 11.9. The first kappa shape index (κ1) is 14.1. The van der Waals surface area contributed by atoms with E-state index in [1.54, 1.807) is 0 Å². The monoisotopic (exact) mass is 260 g/mol. The summed E-state index contributed by atoms with van der Waals surface area (Å²) in [6.45, 7) is 4.86. The van der Waals surface area contributed by atoms with Gasteiger partial charge in [-0.05, 0) is 25.3 Å². The fourth-order valence-corrected chi connectivity index (χ4v) is 2.39. The minimum absolute atomic E-state index is 0.101. The van der Waals surface area contributed by atoms with Gasteiger partial charge in [-0.15, -0.1) is 0 Å². The largest absolute Gasteiger partial charge is 0.355 e. The van der Waals surface area contributed by atoms with Gasteiger partial charge in [-0.2, -0.15) is 0 Å². The van der Waals surface area contributed by atoms with Crippen LogP contribution in [0.4, 0.5) is 0 Å². The molecule has 0 aromatic heterocycles. The molecule has 2 N–H and O–H groups in total. The van der Waals surface area contributed by atoms with Crippen molar-refractivity contribution in [2.24, 2.45) is 0 Å². The molecule has 1 saturated carbocycles. The van der Waals surface area contributed by atoms with Crippen LogP contribution >= 0.6 is 0 Å². The van der Waals surface area contributed by atoms with E-state index in [2.05, 4.69) is 41.8 Å². The maximum atomic E-state index is 11.9. The molecule has 1 aliphatic rings. The van der Waals surface area contributed by atoms with E-state index in [4.69, 9.17) is 0 Å². The van der Waals surface area contributed by atoms with E-state index in [0.717, 1.165) is 25.8 Å². The second-order valence-electron chi connectivity index (χ2n) is 5.39. The standard InChI is InChI=1S/C16H24N2O/c1-3-4-10-17-16(19)12(2)18-15-11-14(15)13-8-6-5-7-9-13/h5-9,12,14-15,18H,3-4,10-11H2,1-2H3,(H,17,19). The Balaban J connectivity index is 1.73. The third-order valence-electron chi connectivity index (χ3n) is 3.71. The Bertz CT molecular complexity index is 404. The molecule has 0 radical (unpaired) electrons. The molecule has 1 aliphatic carbocycles. The maximum Gasteiger partial charge on any atom is 0.236 e. The van der Waals surface area contributed by atoms with Crippen LogP contribution in [0.1, 0.15) is 44.6 Å². The smallest absolute Gasteiger partial charge is 0.236 e. The number of carbonyl (C=O) groups excluding carboxylic acids is 1. The fraction of sp³-hybridized carbons (Fsp3) is 0.562. The highest BCUT2D eigenvalue weighted by Crippen LogP contribution is 2.40. The van der Waals surface area contributed by atoms with E-state index >= 15 is 0 Å². The first-order valence-electron chi connectivity index (χ1n) is 7.31. The van der Waals surface area contributed by atoms with Gasteiger partial charge in [0.1, 0.15) is 0 Å². The molecule has 0 saturated heterocycles. The zero-order valence-electron chi connectivity index (χ0n) is 11.9. The Morgan fingerprint density at radius 3 is 2.79 bits per heavy atom. The molecule has 0 bridgehead atoms. The van der Waals surface area contributed by atoms with Gasteiger partial charge in [0.25, 0.3) is 0 Å². The summed E-state index contributed by atoms with van der Waals surface area (Å²) in [6.07, 6.45) is 3.30. The van der Waals surface area contributed by atoms with Crippen molar-refractivity contribution in [3.8, 4) is 0 Å². The number of hydrogen-bond donors (Lipinski definition) is 2. The van der Waals surface area contributed by atoms with E-state index in [-0.39, 0.29) is 11.9 Å². The van der Waals surface area contributed by atoms with Gasteiger partial charge >= 0.3 is 0 Å². The molecule has 1 aromatic carbocycles. The maximum absolute atomic E-state index is 11.9. The van der Waals surface area contributed by atoms with Crippen LogP contribution < -0.4 is 10.6 Å². The van der Waals surface area contributed by atoms with Crippen LogP contribution in [0.15, 0.2) is 30.3 Å². The molecule has 2 rings (SSSR count). The highest BCUT2D eigenvalue weighted by molar-refractivity contribution is 5.81. The fourth-order valence-electron chi connectivity index (χ4n) is 2.39. The molecule has 0 aliphatic heterocycles. The van der Waals surface area contributed by atoms with Crippen molar-refractivity contribution in [2.75, 3.05) is 6.54 Å².